The topological polar surface area (TPSA) is 45.1 Å². The van der Waals surface area contributed by atoms with Crippen LogP contribution in [0.5, 0.6) is 0 Å². The van der Waals surface area contributed by atoms with Crippen LogP contribution in [0.2, 0.25) is 5.15 Å². The molecule has 2 rings (SSSR count). The molecule has 0 aliphatic rings. The number of nitrogens with zero attached hydrogens (tertiary/aromatic N) is 1. The highest BCUT2D eigenvalue weighted by Gasteiger charge is 2.11. The minimum absolute atomic E-state index is 0.0330. The van der Waals surface area contributed by atoms with Crippen molar-refractivity contribution in [1.29, 1.82) is 0 Å². The lowest BCUT2D eigenvalue weighted by Crippen LogP contribution is -2.24. The van der Waals surface area contributed by atoms with Gasteiger partial charge in [-0.25, -0.2) is 9.37 Å². The Bertz CT molecular complexity index is 562. The second-order valence-electron chi connectivity index (χ2n) is 4.61. The van der Waals surface area contributed by atoms with Crippen LogP contribution in [0.15, 0.2) is 42.6 Å². The van der Waals surface area contributed by atoms with Crippen molar-refractivity contribution in [1.82, 2.24) is 10.3 Å². The van der Waals surface area contributed by atoms with Gasteiger partial charge in [0.15, 0.2) is 0 Å². The Labute approximate surface area is 122 Å². The molecule has 0 saturated carbocycles. The zero-order valence-electron chi connectivity index (χ0n) is 11.1. The van der Waals surface area contributed by atoms with Crippen molar-refractivity contribution in [2.75, 3.05) is 6.54 Å². The number of aliphatic hydroxyl groups excluding tert-OH is 1. The second-order valence-corrected chi connectivity index (χ2v) is 5.00. The molecule has 2 aromatic rings. The fourth-order valence-electron chi connectivity index (χ4n) is 1.90. The monoisotopic (exact) mass is 294 g/mol. The average molecular weight is 295 g/mol. The lowest BCUT2D eigenvalue weighted by atomic mass is 10.1. The van der Waals surface area contributed by atoms with Gasteiger partial charge < -0.3 is 10.4 Å². The Morgan fingerprint density at radius 2 is 1.95 bits per heavy atom. The van der Waals surface area contributed by atoms with Crippen molar-refractivity contribution in [3.05, 3.63) is 64.7 Å². The van der Waals surface area contributed by atoms with Gasteiger partial charge in [-0.15, -0.1) is 0 Å². The Hall–Kier alpha value is -1.49. The summed E-state index contributed by atoms with van der Waals surface area (Å²) in [6, 6.07) is 9.52. The maximum absolute atomic E-state index is 12.8. The predicted molar refractivity (Wildman–Crippen MR) is 77.0 cm³/mol. The highest BCUT2D eigenvalue weighted by molar-refractivity contribution is 6.29. The maximum atomic E-state index is 12.8. The average Bonchev–Trinajstić information content (AvgIpc) is 2.45. The molecule has 1 aromatic carbocycles. The molecule has 0 aliphatic heterocycles. The van der Waals surface area contributed by atoms with Crippen molar-refractivity contribution in [3.63, 3.8) is 0 Å². The van der Waals surface area contributed by atoms with E-state index in [1.165, 1.54) is 12.1 Å². The SMILES string of the molecule is CC(NCC(O)c1ccc(F)cc1)c1ccnc(Cl)c1. The summed E-state index contributed by atoms with van der Waals surface area (Å²) in [5.74, 6) is -0.311. The molecule has 1 heterocycles. The first-order chi connectivity index (χ1) is 9.56. The van der Waals surface area contributed by atoms with E-state index in [1.54, 1.807) is 24.4 Å². The molecule has 0 fully saturated rings. The van der Waals surface area contributed by atoms with Crippen molar-refractivity contribution < 1.29 is 9.50 Å². The molecule has 3 nitrogen and oxygen atoms in total. The first-order valence-corrected chi connectivity index (χ1v) is 6.72. The number of nitrogens with one attached hydrogen (secondary N) is 1. The second kappa shape index (κ2) is 6.79. The number of hydrogen-bond donors (Lipinski definition) is 2. The largest absolute Gasteiger partial charge is 0.387 e. The molecule has 0 spiro atoms. The van der Waals surface area contributed by atoms with Gasteiger partial charge in [-0.05, 0) is 42.3 Å². The van der Waals surface area contributed by atoms with E-state index in [2.05, 4.69) is 10.3 Å². The van der Waals surface area contributed by atoms with Crippen LogP contribution in [0, 0.1) is 5.82 Å². The molecule has 0 aliphatic carbocycles. The third-order valence-electron chi connectivity index (χ3n) is 3.12. The van der Waals surface area contributed by atoms with Crippen molar-refractivity contribution >= 4 is 11.6 Å². The Morgan fingerprint density at radius 1 is 1.25 bits per heavy atom. The Kier molecular flexibility index (Phi) is 5.06. The Balaban J connectivity index is 1.93. The first-order valence-electron chi connectivity index (χ1n) is 6.34. The summed E-state index contributed by atoms with van der Waals surface area (Å²) >= 11 is 5.84. The van der Waals surface area contributed by atoms with E-state index in [0.717, 1.165) is 5.56 Å². The van der Waals surface area contributed by atoms with Gasteiger partial charge in [-0.3, -0.25) is 0 Å². The van der Waals surface area contributed by atoms with E-state index < -0.39 is 6.10 Å². The van der Waals surface area contributed by atoms with Crippen LogP contribution in [0.4, 0.5) is 4.39 Å². The van der Waals surface area contributed by atoms with Crippen molar-refractivity contribution in [2.45, 2.75) is 19.1 Å². The van der Waals surface area contributed by atoms with E-state index in [4.69, 9.17) is 11.6 Å². The molecule has 2 unspecified atom stereocenters. The molecule has 2 N–H and O–H groups in total. The molecular weight excluding hydrogens is 279 g/mol. The van der Waals surface area contributed by atoms with Crippen LogP contribution in [0.1, 0.15) is 30.2 Å². The standard InChI is InChI=1S/C15H16ClFN2O/c1-10(12-6-7-18-15(16)8-12)19-9-14(20)11-2-4-13(17)5-3-11/h2-8,10,14,19-20H,9H2,1H3. The van der Waals surface area contributed by atoms with Gasteiger partial charge in [-0.2, -0.15) is 0 Å². The van der Waals surface area contributed by atoms with Crippen molar-refractivity contribution in [2.24, 2.45) is 0 Å². The molecular formula is C15H16ClFN2O. The van der Waals surface area contributed by atoms with Crippen LogP contribution in [-0.4, -0.2) is 16.6 Å². The minimum Gasteiger partial charge on any atom is -0.387 e. The highest BCUT2D eigenvalue weighted by Crippen LogP contribution is 2.17. The third-order valence-corrected chi connectivity index (χ3v) is 3.33. The first kappa shape index (κ1) is 14.9. The van der Waals surface area contributed by atoms with Gasteiger partial charge in [0, 0.05) is 18.8 Å². The fourth-order valence-corrected chi connectivity index (χ4v) is 2.08. The van der Waals surface area contributed by atoms with Crippen LogP contribution in [-0.2, 0) is 0 Å². The van der Waals surface area contributed by atoms with Gasteiger partial charge in [0.1, 0.15) is 11.0 Å². The van der Waals surface area contributed by atoms with Gasteiger partial charge in [0.25, 0.3) is 0 Å². The normalized spacial score (nSPS) is 14.0. The summed E-state index contributed by atoms with van der Waals surface area (Å²) < 4.78 is 12.8. The quantitative estimate of drug-likeness (QED) is 0.832. The molecule has 0 bridgehead atoms. The zero-order chi connectivity index (χ0) is 14.5. The summed E-state index contributed by atoms with van der Waals surface area (Å²) in [5, 5.41) is 13.7. The van der Waals surface area contributed by atoms with Crippen molar-refractivity contribution in [3.8, 4) is 0 Å². The molecule has 1 aromatic heterocycles. The highest BCUT2D eigenvalue weighted by atomic mass is 35.5. The van der Waals surface area contributed by atoms with Gasteiger partial charge in [-0.1, -0.05) is 23.7 Å². The smallest absolute Gasteiger partial charge is 0.129 e. The van der Waals surface area contributed by atoms with E-state index in [1.807, 2.05) is 13.0 Å². The number of benzene rings is 1. The van der Waals surface area contributed by atoms with Crippen LogP contribution in [0.25, 0.3) is 0 Å². The molecule has 2 atom stereocenters. The van der Waals surface area contributed by atoms with Gasteiger partial charge in [0.05, 0.1) is 6.10 Å². The van der Waals surface area contributed by atoms with Gasteiger partial charge in [0.2, 0.25) is 0 Å². The lowest BCUT2D eigenvalue weighted by molar-refractivity contribution is 0.170. The van der Waals surface area contributed by atoms with E-state index in [9.17, 15) is 9.50 Å². The minimum atomic E-state index is -0.685. The Morgan fingerprint density at radius 3 is 2.60 bits per heavy atom. The number of rotatable bonds is 5. The number of hydrogen-bond acceptors (Lipinski definition) is 3. The number of halogens is 2. The van der Waals surface area contributed by atoms with Crippen LogP contribution < -0.4 is 5.32 Å². The molecule has 0 amide bonds. The zero-order valence-corrected chi connectivity index (χ0v) is 11.8. The summed E-state index contributed by atoms with van der Waals surface area (Å²) in [5.41, 5.74) is 1.68. The molecule has 0 radical (unpaired) electrons. The summed E-state index contributed by atoms with van der Waals surface area (Å²) in [6.45, 7) is 2.34. The van der Waals surface area contributed by atoms with E-state index in [-0.39, 0.29) is 11.9 Å². The molecule has 0 saturated heterocycles. The van der Waals surface area contributed by atoms with Crippen LogP contribution >= 0.6 is 11.6 Å². The summed E-state index contributed by atoms with van der Waals surface area (Å²) in [6.07, 6.45) is 0.960. The third kappa shape index (κ3) is 4.00. The number of aliphatic hydroxyl groups is 1. The maximum Gasteiger partial charge on any atom is 0.129 e. The summed E-state index contributed by atoms with van der Waals surface area (Å²) in [7, 11) is 0. The summed E-state index contributed by atoms with van der Waals surface area (Å²) in [4.78, 5) is 3.93. The van der Waals surface area contributed by atoms with Crippen LogP contribution in [0.3, 0.4) is 0 Å². The lowest BCUT2D eigenvalue weighted by Gasteiger charge is -2.17. The predicted octanol–water partition coefficient (Wildman–Crippen LogP) is 3.26. The van der Waals surface area contributed by atoms with E-state index >= 15 is 0 Å². The molecule has 106 valence electrons. The molecule has 20 heavy (non-hydrogen) atoms. The molecule has 5 heteroatoms. The number of pyridine rings is 1. The van der Waals surface area contributed by atoms with E-state index in [0.29, 0.717) is 17.3 Å². The number of aromatic nitrogens is 1. The van der Waals surface area contributed by atoms with Gasteiger partial charge >= 0.3 is 0 Å². The fraction of sp³-hybridized carbons (Fsp3) is 0.267.